The molecule has 1 aliphatic carbocycles. The van der Waals surface area contributed by atoms with Crippen molar-refractivity contribution >= 4 is 22.5 Å². The topological polar surface area (TPSA) is 37.5 Å². The van der Waals surface area contributed by atoms with Crippen LogP contribution in [-0.4, -0.2) is 49.3 Å². The number of nitrogens with one attached hydrogen (secondary N) is 1. The van der Waals surface area contributed by atoms with Gasteiger partial charge in [0.05, 0.1) is 18.9 Å². The third kappa shape index (κ3) is 3.22. The van der Waals surface area contributed by atoms with Gasteiger partial charge in [0.25, 0.3) is 0 Å². The lowest BCUT2D eigenvalue weighted by molar-refractivity contribution is 0.0322. The van der Waals surface area contributed by atoms with E-state index in [9.17, 15) is 0 Å². The summed E-state index contributed by atoms with van der Waals surface area (Å²) in [6, 6.07) is 12.5. The van der Waals surface area contributed by atoms with Gasteiger partial charge in [-0.15, -0.1) is 0 Å². The monoisotopic (exact) mass is 382 g/mol. The van der Waals surface area contributed by atoms with Gasteiger partial charge in [0.2, 0.25) is 0 Å². The van der Waals surface area contributed by atoms with E-state index in [4.69, 9.17) is 21.1 Å². The molecular weight excluding hydrogens is 360 g/mol. The molecule has 2 heterocycles. The number of rotatable bonds is 4. The molecule has 5 heteroatoms. The molecule has 4 nitrogen and oxygen atoms in total. The first kappa shape index (κ1) is 17.1. The van der Waals surface area contributed by atoms with Crippen molar-refractivity contribution in [1.29, 1.82) is 0 Å². The third-order valence-electron chi connectivity index (χ3n) is 5.66. The van der Waals surface area contributed by atoms with E-state index in [1.807, 2.05) is 6.07 Å². The number of benzene rings is 2. The summed E-state index contributed by atoms with van der Waals surface area (Å²) >= 11 is 6.22. The largest absolute Gasteiger partial charge is 0.492 e. The van der Waals surface area contributed by atoms with E-state index in [2.05, 4.69) is 40.2 Å². The second-order valence-corrected chi connectivity index (χ2v) is 7.69. The highest BCUT2D eigenvalue weighted by Gasteiger charge is 2.23. The van der Waals surface area contributed by atoms with Gasteiger partial charge in [-0.05, 0) is 42.7 Å². The fourth-order valence-electron chi connectivity index (χ4n) is 4.26. The number of nitrogens with zero attached hydrogens (tertiary/aromatic N) is 1. The van der Waals surface area contributed by atoms with Gasteiger partial charge in [-0.25, -0.2) is 0 Å². The first-order valence-electron chi connectivity index (χ1n) is 9.65. The normalized spacial score (nSPS) is 16.9. The molecule has 5 rings (SSSR count). The Balaban J connectivity index is 1.41. The molecule has 0 unspecified atom stereocenters. The average Bonchev–Trinajstić information content (AvgIpc) is 3.07. The predicted octanol–water partition coefficient (Wildman–Crippen LogP) is 4.30. The summed E-state index contributed by atoms with van der Waals surface area (Å²) in [7, 11) is 0. The van der Waals surface area contributed by atoms with Gasteiger partial charge in [0.15, 0.2) is 0 Å². The Kier molecular flexibility index (Phi) is 4.56. The molecule has 0 atom stereocenters. The van der Waals surface area contributed by atoms with Crippen molar-refractivity contribution in [3.8, 4) is 17.0 Å². The fourth-order valence-corrected chi connectivity index (χ4v) is 4.43. The lowest BCUT2D eigenvalue weighted by Gasteiger charge is -2.27. The summed E-state index contributed by atoms with van der Waals surface area (Å²) in [6.07, 6.45) is 2.00. The van der Waals surface area contributed by atoms with Crippen LogP contribution in [0.2, 0.25) is 5.02 Å². The molecule has 2 aromatic carbocycles. The maximum absolute atomic E-state index is 6.22. The molecule has 3 aromatic rings. The van der Waals surface area contributed by atoms with Gasteiger partial charge < -0.3 is 14.5 Å². The van der Waals surface area contributed by atoms with E-state index in [0.29, 0.717) is 6.61 Å². The van der Waals surface area contributed by atoms with E-state index in [1.165, 1.54) is 27.8 Å². The van der Waals surface area contributed by atoms with Crippen molar-refractivity contribution < 1.29 is 9.47 Å². The Morgan fingerprint density at radius 2 is 1.93 bits per heavy atom. The quantitative estimate of drug-likeness (QED) is 0.731. The molecule has 27 heavy (non-hydrogen) atoms. The summed E-state index contributed by atoms with van der Waals surface area (Å²) < 4.78 is 11.6. The summed E-state index contributed by atoms with van der Waals surface area (Å²) in [4.78, 5) is 6.00. The molecule has 0 radical (unpaired) electrons. The highest BCUT2D eigenvalue weighted by atomic mass is 35.5. The molecule has 0 saturated carbocycles. The van der Waals surface area contributed by atoms with E-state index >= 15 is 0 Å². The van der Waals surface area contributed by atoms with E-state index < -0.39 is 0 Å². The van der Waals surface area contributed by atoms with Gasteiger partial charge in [-0.1, -0.05) is 23.7 Å². The van der Waals surface area contributed by atoms with Gasteiger partial charge in [-0.2, -0.15) is 0 Å². The zero-order valence-electron chi connectivity index (χ0n) is 15.3. The van der Waals surface area contributed by atoms with Crippen LogP contribution >= 0.6 is 11.6 Å². The summed E-state index contributed by atoms with van der Waals surface area (Å²) in [5.41, 5.74) is 6.30. The maximum atomic E-state index is 6.22. The number of hydrogen-bond donors (Lipinski definition) is 1. The van der Waals surface area contributed by atoms with E-state index in [-0.39, 0.29) is 0 Å². The van der Waals surface area contributed by atoms with Gasteiger partial charge in [0.1, 0.15) is 12.4 Å². The first-order chi connectivity index (χ1) is 13.3. The minimum absolute atomic E-state index is 0.714. The summed E-state index contributed by atoms with van der Waals surface area (Å²) in [6.45, 7) is 5.31. The number of morpholine rings is 1. The van der Waals surface area contributed by atoms with Crippen molar-refractivity contribution in [1.82, 2.24) is 9.88 Å². The molecule has 140 valence electrons. The van der Waals surface area contributed by atoms with Crippen molar-refractivity contribution in [3.63, 3.8) is 0 Å². The minimum atomic E-state index is 0.714. The van der Waals surface area contributed by atoms with E-state index in [1.54, 1.807) is 0 Å². The Bertz CT molecular complexity index is 976. The lowest BCUT2D eigenvalue weighted by Crippen LogP contribution is -2.38. The molecule has 0 spiro atoms. The van der Waals surface area contributed by atoms with Crippen LogP contribution in [0.1, 0.15) is 11.1 Å². The maximum Gasteiger partial charge on any atom is 0.123 e. The highest BCUT2D eigenvalue weighted by molar-refractivity contribution is 6.31. The molecule has 1 aliphatic heterocycles. The van der Waals surface area contributed by atoms with Crippen LogP contribution in [0.25, 0.3) is 22.2 Å². The van der Waals surface area contributed by atoms with Crippen LogP contribution < -0.4 is 4.74 Å². The Morgan fingerprint density at radius 1 is 1.07 bits per heavy atom. The highest BCUT2D eigenvalue weighted by Crippen LogP contribution is 2.41. The second kappa shape index (κ2) is 7.19. The first-order valence-corrected chi connectivity index (χ1v) is 10.0. The van der Waals surface area contributed by atoms with Crippen molar-refractivity contribution in [2.45, 2.75) is 12.8 Å². The summed E-state index contributed by atoms with van der Waals surface area (Å²) in [5, 5.41) is 2.03. The van der Waals surface area contributed by atoms with Crippen LogP contribution in [0.3, 0.4) is 0 Å². The van der Waals surface area contributed by atoms with Crippen LogP contribution in [0.5, 0.6) is 5.75 Å². The van der Waals surface area contributed by atoms with Crippen LogP contribution in [0.15, 0.2) is 36.4 Å². The van der Waals surface area contributed by atoms with Crippen molar-refractivity contribution in [3.05, 3.63) is 52.5 Å². The molecule has 1 fully saturated rings. The number of ether oxygens (including phenoxy) is 2. The molecule has 1 N–H and O–H groups in total. The molecule has 2 aliphatic rings. The van der Waals surface area contributed by atoms with Crippen LogP contribution in [0.4, 0.5) is 0 Å². The second-order valence-electron chi connectivity index (χ2n) is 7.25. The zero-order valence-corrected chi connectivity index (χ0v) is 16.0. The number of fused-ring (bicyclic) bond motifs is 5. The molecule has 0 amide bonds. The Labute approximate surface area is 164 Å². The summed E-state index contributed by atoms with van der Waals surface area (Å²) in [5.74, 6) is 1.02. The van der Waals surface area contributed by atoms with E-state index in [0.717, 1.165) is 62.0 Å². The van der Waals surface area contributed by atoms with Gasteiger partial charge in [0, 0.05) is 46.7 Å². The SMILES string of the molecule is Clc1ccc2[nH]c3c(c2c1)CCc1c(OCCN2CCOCC2)cccc1-3. The predicted molar refractivity (Wildman–Crippen MR) is 109 cm³/mol. The van der Waals surface area contributed by atoms with Gasteiger partial charge >= 0.3 is 0 Å². The van der Waals surface area contributed by atoms with Crippen molar-refractivity contribution in [2.24, 2.45) is 0 Å². The number of H-pyrrole nitrogens is 1. The molecule has 1 saturated heterocycles. The molecule has 1 aromatic heterocycles. The smallest absolute Gasteiger partial charge is 0.123 e. The Morgan fingerprint density at radius 3 is 2.81 bits per heavy atom. The number of halogens is 1. The fraction of sp³-hybridized carbons (Fsp3) is 0.364. The molecule has 0 bridgehead atoms. The van der Waals surface area contributed by atoms with Crippen LogP contribution in [0, 0.1) is 0 Å². The van der Waals surface area contributed by atoms with Crippen molar-refractivity contribution in [2.75, 3.05) is 39.5 Å². The zero-order chi connectivity index (χ0) is 18.2. The standard InChI is InChI=1S/C22H23ClN2O2/c23-15-4-7-20-19(14-15)18-6-5-16-17(22(18)24-20)2-1-3-21(16)27-13-10-25-8-11-26-12-9-25/h1-4,7,14,24H,5-6,8-13H2. The Hall–Kier alpha value is -2.01. The van der Waals surface area contributed by atoms with Gasteiger partial charge in [-0.3, -0.25) is 4.90 Å². The molecular formula is C22H23ClN2O2. The number of aromatic nitrogens is 1. The number of aromatic amines is 1. The van der Waals surface area contributed by atoms with Crippen LogP contribution in [-0.2, 0) is 17.6 Å². The third-order valence-corrected chi connectivity index (χ3v) is 5.90. The lowest BCUT2D eigenvalue weighted by atomic mass is 9.88. The number of hydrogen-bond acceptors (Lipinski definition) is 3. The number of aryl methyl sites for hydroxylation is 1. The average molecular weight is 383 g/mol. The minimum Gasteiger partial charge on any atom is -0.492 e.